The summed E-state index contributed by atoms with van der Waals surface area (Å²) in [6, 6.07) is 16.6. The Hall–Kier alpha value is -3.62. The Bertz CT molecular complexity index is 1340. The molecule has 9 heteroatoms. The monoisotopic (exact) mass is 554 g/mol. The highest BCUT2D eigenvalue weighted by molar-refractivity contribution is 9.10. The number of ether oxygens (including phenoxy) is 2. The molecule has 1 heterocycles. The van der Waals surface area contributed by atoms with Crippen molar-refractivity contribution in [3.05, 3.63) is 92.4 Å². The number of hydrogen-bond donors (Lipinski definition) is 1. The van der Waals surface area contributed by atoms with Gasteiger partial charge in [0, 0.05) is 5.02 Å². The molecule has 3 aromatic rings. The summed E-state index contributed by atoms with van der Waals surface area (Å²) in [6.07, 6.45) is 1.39. The van der Waals surface area contributed by atoms with Crippen molar-refractivity contribution in [2.75, 3.05) is 12.0 Å². The molecule has 1 aliphatic rings. The highest BCUT2D eigenvalue weighted by atomic mass is 79.9. The molecule has 4 rings (SSSR count). The number of anilines is 1. The van der Waals surface area contributed by atoms with Gasteiger partial charge >= 0.3 is 6.03 Å². The van der Waals surface area contributed by atoms with E-state index in [9.17, 15) is 14.4 Å². The third kappa shape index (κ3) is 5.39. The predicted molar refractivity (Wildman–Crippen MR) is 137 cm³/mol. The van der Waals surface area contributed by atoms with Gasteiger partial charge in [-0.15, -0.1) is 0 Å². The van der Waals surface area contributed by atoms with Gasteiger partial charge in [0.15, 0.2) is 11.5 Å². The molecule has 0 saturated carbocycles. The van der Waals surface area contributed by atoms with Crippen molar-refractivity contribution in [2.24, 2.45) is 0 Å². The van der Waals surface area contributed by atoms with E-state index < -0.39 is 17.8 Å². The summed E-state index contributed by atoms with van der Waals surface area (Å²) in [5.74, 6) is -0.656. The first-order chi connectivity index (χ1) is 16.8. The lowest BCUT2D eigenvalue weighted by Gasteiger charge is -2.26. The van der Waals surface area contributed by atoms with Gasteiger partial charge < -0.3 is 9.47 Å². The third-order valence-electron chi connectivity index (χ3n) is 5.25. The molecule has 1 saturated heterocycles. The summed E-state index contributed by atoms with van der Waals surface area (Å²) in [5.41, 5.74) is 2.73. The first kappa shape index (κ1) is 24.5. The largest absolute Gasteiger partial charge is 0.493 e. The second kappa shape index (κ2) is 10.3. The molecule has 35 heavy (non-hydrogen) atoms. The molecular weight excluding hydrogens is 536 g/mol. The maximum Gasteiger partial charge on any atom is 0.335 e. The van der Waals surface area contributed by atoms with Crippen LogP contribution >= 0.6 is 27.5 Å². The second-order valence-corrected chi connectivity index (χ2v) is 9.03. The fourth-order valence-corrected chi connectivity index (χ4v) is 4.15. The van der Waals surface area contributed by atoms with Crippen LogP contribution in [-0.4, -0.2) is 25.0 Å². The van der Waals surface area contributed by atoms with Crippen LogP contribution in [0.25, 0.3) is 6.08 Å². The number of imide groups is 2. The summed E-state index contributed by atoms with van der Waals surface area (Å²) in [5, 5.41) is 2.65. The van der Waals surface area contributed by atoms with Crippen molar-refractivity contribution in [3.63, 3.8) is 0 Å². The molecule has 0 unspecified atom stereocenters. The van der Waals surface area contributed by atoms with Crippen LogP contribution in [0.5, 0.6) is 11.5 Å². The van der Waals surface area contributed by atoms with Gasteiger partial charge in [-0.25, -0.2) is 9.69 Å². The SMILES string of the molecule is COc1cc(C=C2C(=O)NC(=O)N(c3ccc(Cl)cc3)C2=O)cc(Br)c1OCc1ccc(C)cc1. The molecule has 7 nitrogen and oxygen atoms in total. The Balaban J connectivity index is 1.63. The standard InChI is InChI=1S/C26H20BrClN2O5/c1-15-3-5-16(6-4-15)14-35-23-21(27)12-17(13-22(23)34-2)11-20-24(31)29-26(33)30(25(20)32)19-9-7-18(28)8-10-19/h3-13H,14H2,1-2H3,(H,29,31,33). The van der Waals surface area contributed by atoms with E-state index in [0.717, 1.165) is 16.0 Å². The summed E-state index contributed by atoms with van der Waals surface area (Å²) < 4.78 is 12.0. The van der Waals surface area contributed by atoms with Crippen LogP contribution in [0.4, 0.5) is 10.5 Å². The fourth-order valence-electron chi connectivity index (χ4n) is 3.45. The molecule has 4 amide bonds. The first-order valence-electron chi connectivity index (χ1n) is 10.5. The normalized spacial score (nSPS) is 14.8. The third-order valence-corrected chi connectivity index (χ3v) is 6.09. The number of benzene rings is 3. The number of nitrogens with zero attached hydrogens (tertiary/aromatic N) is 1. The van der Waals surface area contributed by atoms with Crippen LogP contribution < -0.4 is 19.7 Å². The van der Waals surface area contributed by atoms with Gasteiger partial charge in [0.2, 0.25) is 0 Å². The fraction of sp³-hybridized carbons (Fsp3) is 0.115. The van der Waals surface area contributed by atoms with Crippen molar-refractivity contribution in [1.29, 1.82) is 0 Å². The summed E-state index contributed by atoms with van der Waals surface area (Å²) in [7, 11) is 1.50. The number of hydrogen-bond acceptors (Lipinski definition) is 5. The molecule has 0 atom stereocenters. The highest BCUT2D eigenvalue weighted by Gasteiger charge is 2.36. The van der Waals surface area contributed by atoms with Gasteiger partial charge in [-0.05, 0) is 76.5 Å². The molecule has 1 fully saturated rings. The number of rotatable bonds is 6. The van der Waals surface area contributed by atoms with E-state index in [0.29, 0.717) is 33.2 Å². The van der Waals surface area contributed by atoms with Gasteiger partial charge in [-0.1, -0.05) is 41.4 Å². The van der Waals surface area contributed by atoms with Crippen LogP contribution in [0.1, 0.15) is 16.7 Å². The molecule has 3 aromatic carbocycles. The van der Waals surface area contributed by atoms with Crippen LogP contribution in [0.15, 0.2) is 70.7 Å². The maximum atomic E-state index is 13.1. The molecule has 0 bridgehead atoms. The molecule has 1 aliphatic heterocycles. The van der Waals surface area contributed by atoms with E-state index in [1.54, 1.807) is 24.3 Å². The predicted octanol–water partition coefficient (Wildman–Crippen LogP) is 5.66. The van der Waals surface area contributed by atoms with E-state index in [1.165, 1.54) is 25.3 Å². The van der Waals surface area contributed by atoms with Gasteiger partial charge in [0.05, 0.1) is 17.3 Å². The number of carbonyl (C=O) groups is 3. The second-order valence-electron chi connectivity index (χ2n) is 7.74. The molecule has 0 spiro atoms. The Morgan fingerprint density at radius 3 is 2.37 bits per heavy atom. The number of barbiturate groups is 1. The number of carbonyl (C=O) groups excluding carboxylic acids is 3. The molecule has 178 valence electrons. The van der Waals surface area contributed by atoms with Crippen LogP contribution in [0, 0.1) is 6.92 Å². The minimum absolute atomic E-state index is 0.207. The lowest BCUT2D eigenvalue weighted by molar-refractivity contribution is -0.122. The van der Waals surface area contributed by atoms with Gasteiger partial charge in [0.1, 0.15) is 12.2 Å². The molecular formula is C26H20BrClN2O5. The van der Waals surface area contributed by atoms with Gasteiger partial charge in [-0.2, -0.15) is 0 Å². The van der Waals surface area contributed by atoms with E-state index in [1.807, 2.05) is 31.2 Å². The van der Waals surface area contributed by atoms with E-state index >= 15 is 0 Å². The van der Waals surface area contributed by atoms with Crippen molar-refractivity contribution in [1.82, 2.24) is 5.32 Å². The summed E-state index contributed by atoms with van der Waals surface area (Å²) >= 11 is 9.39. The number of aryl methyl sites for hydroxylation is 1. The van der Waals surface area contributed by atoms with Crippen molar-refractivity contribution >= 4 is 57.1 Å². The number of urea groups is 1. The van der Waals surface area contributed by atoms with Crippen molar-refractivity contribution < 1.29 is 23.9 Å². The van der Waals surface area contributed by atoms with E-state index in [4.69, 9.17) is 21.1 Å². The van der Waals surface area contributed by atoms with Crippen LogP contribution in [0.2, 0.25) is 5.02 Å². The Morgan fingerprint density at radius 1 is 1.03 bits per heavy atom. The Labute approximate surface area is 215 Å². The molecule has 0 aliphatic carbocycles. The van der Waals surface area contributed by atoms with E-state index in [2.05, 4.69) is 21.2 Å². The first-order valence-corrected chi connectivity index (χ1v) is 11.7. The van der Waals surface area contributed by atoms with Gasteiger partial charge in [0.25, 0.3) is 11.8 Å². The number of methoxy groups -OCH3 is 1. The summed E-state index contributed by atoms with van der Waals surface area (Å²) in [6.45, 7) is 2.34. The van der Waals surface area contributed by atoms with Crippen molar-refractivity contribution in [2.45, 2.75) is 13.5 Å². The quantitative estimate of drug-likeness (QED) is 0.313. The topological polar surface area (TPSA) is 84.9 Å². The smallest absolute Gasteiger partial charge is 0.335 e. The van der Waals surface area contributed by atoms with Gasteiger partial charge in [-0.3, -0.25) is 14.9 Å². The number of nitrogens with one attached hydrogen (secondary N) is 1. The lowest BCUT2D eigenvalue weighted by atomic mass is 10.1. The average Bonchev–Trinajstić information content (AvgIpc) is 2.83. The zero-order valence-electron chi connectivity index (χ0n) is 18.8. The van der Waals surface area contributed by atoms with Crippen molar-refractivity contribution in [3.8, 4) is 11.5 Å². The highest BCUT2D eigenvalue weighted by Crippen LogP contribution is 2.38. The minimum atomic E-state index is -0.835. The minimum Gasteiger partial charge on any atom is -0.493 e. The van der Waals surface area contributed by atoms with E-state index in [-0.39, 0.29) is 11.3 Å². The zero-order chi connectivity index (χ0) is 25.1. The van der Waals surface area contributed by atoms with Crippen LogP contribution in [0.3, 0.4) is 0 Å². The average molecular weight is 556 g/mol. The Morgan fingerprint density at radius 2 is 1.71 bits per heavy atom. The molecule has 0 radical (unpaired) electrons. The molecule has 0 aromatic heterocycles. The number of amides is 4. The lowest BCUT2D eigenvalue weighted by Crippen LogP contribution is -2.54. The maximum absolute atomic E-state index is 13.1. The zero-order valence-corrected chi connectivity index (χ0v) is 21.1. The van der Waals surface area contributed by atoms with Crippen LogP contribution in [-0.2, 0) is 16.2 Å². The summed E-state index contributed by atoms with van der Waals surface area (Å²) in [4.78, 5) is 38.9. The molecule has 1 N–H and O–H groups in total. The Kier molecular flexibility index (Phi) is 7.23. The number of halogens is 2.